The number of rotatable bonds is 7. The van der Waals surface area contributed by atoms with Crippen LogP contribution in [-0.4, -0.2) is 38.0 Å². The molecule has 0 unspecified atom stereocenters. The lowest BCUT2D eigenvalue weighted by atomic mass is 10.2. The van der Waals surface area contributed by atoms with E-state index >= 15 is 0 Å². The van der Waals surface area contributed by atoms with Gasteiger partial charge in [-0.15, -0.1) is 11.8 Å². The van der Waals surface area contributed by atoms with E-state index in [1.807, 2.05) is 42.5 Å². The number of thioether (sulfide) groups is 1. The molecule has 0 bridgehead atoms. The molecular weight excluding hydrogens is 360 g/mol. The number of nitrogens with zero attached hydrogens (tertiary/aromatic N) is 1. The van der Waals surface area contributed by atoms with Crippen LogP contribution in [0.25, 0.3) is 0 Å². The Morgan fingerprint density at radius 1 is 1.04 bits per heavy atom. The van der Waals surface area contributed by atoms with Gasteiger partial charge in [0.15, 0.2) is 11.5 Å². The number of hydrogen-bond acceptors (Lipinski definition) is 5. The fraction of sp³-hybridized carbons (Fsp3) is 0.381. The maximum atomic E-state index is 12.3. The minimum Gasteiger partial charge on any atom is -0.490 e. The van der Waals surface area contributed by atoms with Crippen LogP contribution in [0, 0.1) is 0 Å². The Morgan fingerprint density at radius 3 is 2.44 bits per heavy atom. The second-order valence-corrected chi connectivity index (χ2v) is 7.26. The van der Waals surface area contributed by atoms with Gasteiger partial charge in [0.25, 0.3) is 0 Å². The van der Waals surface area contributed by atoms with E-state index in [0.717, 1.165) is 41.6 Å². The van der Waals surface area contributed by atoms with E-state index in [-0.39, 0.29) is 5.91 Å². The second-order valence-electron chi connectivity index (χ2n) is 6.22. The summed E-state index contributed by atoms with van der Waals surface area (Å²) in [5.41, 5.74) is 1.98. The molecule has 0 atom stereocenters. The van der Waals surface area contributed by atoms with Crippen molar-refractivity contribution in [2.45, 2.75) is 25.2 Å². The summed E-state index contributed by atoms with van der Waals surface area (Å²) in [4.78, 5) is 15.5. The minimum atomic E-state index is -0.0253. The van der Waals surface area contributed by atoms with Gasteiger partial charge in [-0.25, -0.2) is 0 Å². The SMILES string of the molecule is CCN(CC)c1ccc(NC(=O)CSc2ccc3c(c2)OCCCO3)cc1. The van der Waals surface area contributed by atoms with Crippen molar-refractivity contribution in [3.8, 4) is 11.5 Å². The molecule has 1 aliphatic heterocycles. The highest BCUT2D eigenvalue weighted by Crippen LogP contribution is 2.33. The first kappa shape index (κ1) is 19.4. The van der Waals surface area contributed by atoms with Crippen molar-refractivity contribution >= 4 is 29.0 Å². The molecule has 5 nitrogen and oxygen atoms in total. The third kappa shape index (κ3) is 5.32. The molecule has 3 rings (SSSR count). The highest BCUT2D eigenvalue weighted by molar-refractivity contribution is 8.00. The maximum absolute atomic E-state index is 12.3. The van der Waals surface area contributed by atoms with Crippen LogP contribution in [0.5, 0.6) is 11.5 Å². The summed E-state index contributed by atoms with van der Waals surface area (Å²) in [6, 6.07) is 13.8. The average molecular weight is 387 g/mol. The van der Waals surface area contributed by atoms with E-state index in [0.29, 0.717) is 19.0 Å². The van der Waals surface area contributed by atoms with Gasteiger partial charge >= 0.3 is 0 Å². The molecule has 0 aliphatic carbocycles. The predicted octanol–water partition coefficient (Wildman–Crippen LogP) is 4.42. The van der Waals surface area contributed by atoms with Crippen molar-refractivity contribution in [2.75, 3.05) is 42.3 Å². The van der Waals surface area contributed by atoms with Gasteiger partial charge in [0, 0.05) is 35.8 Å². The molecule has 1 amide bonds. The van der Waals surface area contributed by atoms with Gasteiger partial charge in [-0.3, -0.25) is 4.79 Å². The minimum absolute atomic E-state index is 0.0253. The number of nitrogens with one attached hydrogen (secondary N) is 1. The molecule has 0 spiro atoms. The maximum Gasteiger partial charge on any atom is 0.234 e. The Balaban J connectivity index is 1.53. The van der Waals surface area contributed by atoms with Gasteiger partial charge in [-0.1, -0.05) is 0 Å². The third-order valence-corrected chi connectivity index (χ3v) is 5.36. The van der Waals surface area contributed by atoms with Crippen LogP contribution in [0.2, 0.25) is 0 Å². The molecule has 6 heteroatoms. The second kappa shape index (κ2) is 9.55. The monoisotopic (exact) mass is 386 g/mol. The molecule has 0 radical (unpaired) electrons. The van der Waals surface area contributed by atoms with Crippen molar-refractivity contribution in [1.82, 2.24) is 0 Å². The number of amides is 1. The van der Waals surface area contributed by atoms with E-state index in [1.165, 1.54) is 17.4 Å². The summed E-state index contributed by atoms with van der Waals surface area (Å²) in [6.45, 7) is 7.54. The van der Waals surface area contributed by atoms with Gasteiger partial charge in [0.05, 0.1) is 19.0 Å². The third-order valence-electron chi connectivity index (χ3n) is 4.37. The number of carbonyl (C=O) groups excluding carboxylic acids is 1. The highest BCUT2D eigenvalue weighted by Gasteiger charge is 2.12. The fourth-order valence-corrected chi connectivity index (χ4v) is 3.65. The number of hydrogen-bond donors (Lipinski definition) is 1. The van der Waals surface area contributed by atoms with Gasteiger partial charge in [0.2, 0.25) is 5.91 Å². The van der Waals surface area contributed by atoms with Crippen LogP contribution in [-0.2, 0) is 4.79 Å². The predicted molar refractivity (Wildman–Crippen MR) is 111 cm³/mol. The van der Waals surface area contributed by atoms with Crippen LogP contribution in [0.1, 0.15) is 20.3 Å². The Labute approximate surface area is 165 Å². The van der Waals surface area contributed by atoms with Gasteiger partial charge in [-0.2, -0.15) is 0 Å². The summed E-state index contributed by atoms with van der Waals surface area (Å²) in [5, 5.41) is 2.95. The average Bonchev–Trinajstić information content (AvgIpc) is 2.93. The molecule has 0 saturated carbocycles. The van der Waals surface area contributed by atoms with Crippen molar-refractivity contribution in [1.29, 1.82) is 0 Å². The lowest BCUT2D eigenvalue weighted by Crippen LogP contribution is -2.21. The van der Waals surface area contributed by atoms with Crippen LogP contribution >= 0.6 is 11.8 Å². The number of fused-ring (bicyclic) bond motifs is 1. The van der Waals surface area contributed by atoms with Gasteiger partial charge in [0.1, 0.15) is 0 Å². The first-order valence-corrected chi connectivity index (χ1v) is 10.4. The Bertz CT molecular complexity index is 761. The molecule has 27 heavy (non-hydrogen) atoms. The zero-order valence-corrected chi connectivity index (χ0v) is 16.7. The normalized spacial score (nSPS) is 13.0. The van der Waals surface area contributed by atoms with Gasteiger partial charge in [-0.05, 0) is 56.3 Å². The van der Waals surface area contributed by atoms with E-state index in [9.17, 15) is 4.79 Å². The summed E-state index contributed by atoms with van der Waals surface area (Å²) in [7, 11) is 0. The van der Waals surface area contributed by atoms with Gasteiger partial charge < -0.3 is 19.7 Å². The standard InChI is InChI=1S/C21H26N2O3S/c1-3-23(4-2)17-8-6-16(7-9-17)22-21(24)15-27-18-10-11-19-20(14-18)26-13-5-12-25-19/h6-11,14H,3-5,12-13,15H2,1-2H3,(H,22,24). The smallest absolute Gasteiger partial charge is 0.234 e. The number of benzene rings is 2. The lowest BCUT2D eigenvalue weighted by Gasteiger charge is -2.21. The summed E-state index contributed by atoms with van der Waals surface area (Å²) >= 11 is 1.49. The van der Waals surface area contributed by atoms with Crippen molar-refractivity contribution < 1.29 is 14.3 Å². The molecule has 1 aliphatic rings. The number of carbonyl (C=O) groups is 1. The fourth-order valence-electron chi connectivity index (χ4n) is 2.92. The number of anilines is 2. The zero-order chi connectivity index (χ0) is 19.1. The zero-order valence-electron chi connectivity index (χ0n) is 15.9. The Morgan fingerprint density at radius 2 is 1.74 bits per heavy atom. The van der Waals surface area contributed by atoms with Crippen LogP contribution in [0.4, 0.5) is 11.4 Å². The quantitative estimate of drug-likeness (QED) is 0.714. The Hall–Kier alpha value is -2.34. The van der Waals surface area contributed by atoms with Crippen LogP contribution < -0.4 is 19.7 Å². The summed E-state index contributed by atoms with van der Waals surface area (Å²) < 4.78 is 11.3. The van der Waals surface area contributed by atoms with Crippen LogP contribution in [0.3, 0.4) is 0 Å². The molecular formula is C21H26N2O3S. The molecule has 1 N–H and O–H groups in total. The highest BCUT2D eigenvalue weighted by atomic mass is 32.2. The van der Waals surface area contributed by atoms with Crippen molar-refractivity contribution in [3.63, 3.8) is 0 Å². The first-order chi connectivity index (χ1) is 13.2. The summed E-state index contributed by atoms with van der Waals surface area (Å²) in [6.07, 6.45) is 0.882. The van der Waals surface area contributed by atoms with E-state index in [4.69, 9.17) is 9.47 Å². The van der Waals surface area contributed by atoms with E-state index < -0.39 is 0 Å². The molecule has 144 valence electrons. The summed E-state index contributed by atoms with van der Waals surface area (Å²) in [5.74, 6) is 1.85. The molecule has 0 fully saturated rings. The van der Waals surface area contributed by atoms with Crippen molar-refractivity contribution in [2.24, 2.45) is 0 Å². The molecule has 2 aromatic carbocycles. The lowest BCUT2D eigenvalue weighted by molar-refractivity contribution is -0.113. The topological polar surface area (TPSA) is 50.8 Å². The van der Waals surface area contributed by atoms with Crippen LogP contribution in [0.15, 0.2) is 47.4 Å². The largest absolute Gasteiger partial charge is 0.490 e. The Kier molecular flexibility index (Phi) is 6.87. The van der Waals surface area contributed by atoms with E-state index in [1.54, 1.807) is 0 Å². The molecule has 0 aromatic heterocycles. The molecule has 0 saturated heterocycles. The molecule has 2 aromatic rings. The molecule has 1 heterocycles. The van der Waals surface area contributed by atoms with Crippen molar-refractivity contribution in [3.05, 3.63) is 42.5 Å². The van der Waals surface area contributed by atoms with E-state index in [2.05, 4.69) is 24.1 Å². The number of ether oxygens (including phenoxy) is 2. The first-order valence-electron chi connectivity index (χ1n) is 9.37.